The van der Waals surface area contributed by atoms with Crippen molar-refractivity contribution in [2.24, 2.45) is 0 Å². The molecule has 0 aliphatic heterocycles. The lowest BCUT2D eigenvalue weighted by Gasteiger charge is -2.10. The number of phenolic OH excluding ortho intramolecular Hbond substituents is 1. The number of fused-ring (bicyclic) bond motifs is 1. The Bertz CT molecular complexity index is 1090. The number of para-hydroxylation sites is 1. The first-order valence-electron chi connectivity index (χ1n) is 8.35. The molecule has 3 rings (SSSR count). The van der Waals surface area contributed by atoms with Crippen LogP contribution < -0.4 is 10.1 Å². The number of rotatable bonds is 6. The molecule has 7 heteroatoms. The highest BCUT2D eigenvalue weighted by Gasteiger charge is 2.14. The first-order chi connectivity index (χ1) is 13.5. The molecule has 0 spiro atoms. The fourth-order valence-corrected chi connectivity index (χ4v) is 3.51. The number of aromatic nitrogens is 1. The summed E-state index contributed by atoms with van der Waals surface area (Å²) in [6, 6.07) is 12.7. The molecule has 2 aromatic carbocycles. The minimum atomic E-state index is -0.557. The second-order valence-corrected chi connectivity index (χ2v) is 6.87. The van der Waals surface area contributed by atoms with Crippen LogP contribution in [0.1, 0.15) is 11.1 Å². The standard InChI is InChI=1S/C21H17N3O3S/c1-3-6-14-9-13(11-17(27-2)19(14)25)10-15(12-22)20(26)24-21-23-16-7-4-5-8-18(16)28-21/h3-5,7-11,25H,1,6H2,2H3,(H,23,24,26)/b15-10+. The van der Waals surface area contributed by atoms with Gasteiger partial charge in [-0.3, -0.25) is 10.1 Å². The van der Waals surface area contributed by atoms with Gasteiger partial charge in [0.25, 0.3) is 5.91 Å². The number of nitrogens with zero attached hydrogens (tertiary/aromatic N) is 2. The van der Waals surface area contributed by atoms with Crippen LogP contribution in [0.5, 0.6) is 11.5 Å². The van der Waals surface area contributed by atoms with E-state index in [-0.39, 0.29) is 17.1 Å². The van der Waals surface area contributed by atoms with E-state index in [1.54, 1.807) is 18.2 Å². The van der Waals surface area contributed by atoms with Crippen molar-refractivity contribution < 1.29 is 14.6 Å². The third kappa shape index (κ3) is 4.03. The minimum absolute atomic E-state index is 0.0111. The van der Waals surface area contributed by atoms with E-state index in [2.05, 4.69) is 16.9 Å². The lowest BCUT2D eigenvalue weighted by molar-refractivity contribution is -0.112. The summed E-state index contributed by atoms with van der Waals surface area (Å²) in [5.74, 6) is -0.287. The number of nitriles is 1. The molecule has 2 N–H and O–H groups in total. The lowest BCUT2D eigenvalue weighted by atomic mass is 10.0. The van der Waals surface area contributed by atoms with Crippen LogP contribution in [-0.2, 0) is 11.2 Å². The number of carbonyl (C=O) groups excluding carboxylic acids is 1. The number of hydrogen-bond acceptors (Lipinski definition) is 6. The number of benzene rings is 2. The van der Waals surface area contributed by atoms with E-state index in [1.165, 1.54) is 24.5 Å². The highest BCUT2D eigenvalue weighted by Crippen LogP contribution is 2.33. The SMILES string of the molecule is C=CCc1cc(/C=C(\C#N)C(=O)Nc2nc3ccccc3s2)cc(OC)c1O. The van der Waals surface area contributed by atoms with Gasteiger partial charge in [0.2, 0.25) is 0 Å². The van der Waals surface area contributed by atoms with E-state index in [0.717, 1.165) is 10.2 Å². The Kier molecular flexibility index (Phi) is 5.72. The van der Waals surface area contributed by atoms with Gasteiger partial charge in [-0.05, 0) is 42.3 Å². The Balaban J connectivity index is 1.90. The molecule has 6 nitrogen and oxygen atoms in total. The number of nitrogens with one attached hydrogen (secondary N) is 1. The van der Waals surface area contributed by atoms with Gasteiger partial charge in [0, 0.05) is 5.56 Å². The molecule has 0 saturated heterocycles. The van der Waals surface area contributed by atoms with Crippen molar-refractivity contribution in [3.63, 3.8) is 0 Å². The Morgan fingerprint density at radius 2 is 2.21 bits per heavy atom. The van der Waals surface area contributed by atoms with Crippen LogP contribution in [0.2, 0.25) is 0 Å². The summed E-state index contributed by atoms with van der Waals surface area (Å²) < 4.78 is 6.11. The van der Waals surface area contributed by atoms with Gasteiger partial charge >= 0.3 is 0 Å². The summed E-state index contributed by atoms with van der Waals surface area (Å²) in [7, 11) is 1.44. The maximum atomic E-state index is 12.5. The average molecular weight is 391 g/mol. The predicted octanol–water partition coefficient (Wildman–Crippen LogP) is 4.28. The number of ether oxygens (including phenoxy) is 1. The fourth-order valence-electron chi connectivity index (χ4n) is 2.64. The highest BCUT2D eigenvalue weighted by molar-refractivity contribution is 7.22. The quantitative estimate of drug-likeness (QED) is 0.371. The predicted molar refractivity (Wildman–Crippen MR) is 110 cm³/mol. The Hall–Kier alpha value is -3.63. The monoisotopic (exact) mass is 391 g/mol. The molecular formula is C21H17N3O3S. The number of amides is 1. The number of methoxy groups -OCH3 is 1. The molecule has 1 aromatic heterocycles. The summed E-state index contributed by atoms with van der Waals surface area (Å²) in [5, 5.41) is 22.7. The van der Waals surface area contributed by atoms with Crippen molar-refractivity contribution in [1.82, 2.24) is 4.98 Å². The van der Waals surface area contributed by atoms with Crippen molar-refractivity contribution in [2.45, 2.75) is 6.42 Å². The van der Waals surface area contributed by atoms with Gasteiger partial charge in [0.15, 0.2) is 16.6 Å². The zero-order valence-electron chi connectivity index (χ0n) is 15.1. The molecule has 3 aromatic rings. The number of aromatic hydroxyl groups is 1. The third-order valence-corrected chi connectivity index (χ3v) is 4.90. The topological polar surface area (TPSA) is 95.2 Å². The number of allylic oxidation sites excluding steroid dienone is 1. The van der Waals surface area contributed by atoms with Crippen molar-refractivity contribution in [1.29, 1.82) is 5.26 Å². The molecule has 1 amide bonds. The molecule has 0 atom stereocenters. The van der Waals surface area contributed by atoms with Gasteiger partial charge in [-0.2, -0.15) is 5.26 Å². The smallest absolute Gasteiger partial charge is 0.268 e. The summed E-state index contributed by atoms with van der Waals surface area (Å²) in [6.07, 6.45) is 3.51. The van der Waals surface area contributed by atoms with Crippen molar-refractivity contribution in [3.05, 3.63) is 65.8 Å². The molecule has 0 aliphatic rings. The van der Waals surface area contributed by atoms with E-state index in [0.29, 0.717) is 22.7 Å². The molecular weight excluding hydrogens is 374 g/mol. The lowest BCUT2D eigenvalue weighted by Crippen LogP contribution is -2.13. The molecule has 0 aliphatic carbocycles. The first-order valence-corrected chi connectivity index (χ1v) is 9.17. The molecule has 28 heavy (non-hydrogen) atoms. The van der Waals surface area contributed by atoms with Crippen LogP contribution in [-0.4, -0.2) is 23.1 Å². The maximum absolute atomic E-state index is 12.5. The maximum Gasteiger partial charge on any atom is 0.268 e. The zero-order valence-corrected chi connectivity index (χ0v) is 15.9. The van der Waals surface area contributed by atoms with E-state index in [4.69, 9.17) is 4.74 Å². The first kappa shape index (κ1) is 19.1. The van der Waals surface area contributed by atoms with E-state index in [1.807, 2.05) is 30.3 Å². The number of thiazole rings is 1. The Labute approximate surface area is 166 Å². The van der Waals surface area contributed by atoms with Gasteiger partial charge in [0.1, 0.15) is 11.6 Å². The van der Waals surface area contributed by atoms with Crippen molar-refractivity contribution in [2.75, 3.05) is 12.4 Å². The van der Waals surface area contributed by atoms with Crippen LogP contribution in [0.25, 0.3) is 16.3 Å². The summed E-state index contributed by atoms with van der Waals surface area (Å²) >= 11 is 1.33. The average Bonchev–Trinajstić information content (AvgIpc) is 3.10. The third-order valence-electron chi connectivity index (χ3n) is 3.95. The van der Waals surface area contributed by atoms with Crippen molar-refractivity contribution in [3.8, 4) is 17.6 Å². The van der Waals surface area contributed by atoms with E-state index >= 15 is 0 Å². The zero-order chi connectivity index (χ0) is 20.1. The van der Waals surface area contributed by atoms with Gasteiger partial charge in [-0.25, -0.2) is 4.98 Å². The molecule has 0 bridgehead atoms. The highest BCUT2D eigenvalue weighted by atomic mass is 32.1. The van der Waals surface area contributed by atoms with Crippen LogP contribution in [0.15, 0.2) is 54.6 Å². The van der Waals surface area contributed by atoms with E-state index < -0.39 is 5.91 Å². The van der Waals surface area contributed by atoms with Gasteiger partial charge < -0.3 is 9.84 Å². The van der Waals surface area contributed by atoms with Gasteiger partial charge in [-0.1, -0.05) is 29.5 Å². The fraction of sp³-hybridized carbons (Fsp3) is 0.0952. The second kappa shape index (κ2) is 8.37. The van der Waals surface area contributed by atoms with Gasteiger partial charge in [-0.15, -0.1) is 6.58 Å². The number of phenols is 1. The normalized spacial score (nSPS) is 11.1. The molecule has 0 fully saturated rings. The number of carbonyl (C=O) groups is 1. The number of anilines is 1. The van der Waals surface area contributed by atoms with Crippen LogP contribution in [0.3, 0.4) is 0 Å². The molecule has 0 saturated carbocycles. The minimum Gasteiger partial charge on any atom is -0.504 e. The largest absolute Gasteiger partial charge is 0.504 e. The molecule has 0 unspecified atom stereocenters. The van der Waals surface area contributed by atoms with Crippen LogP contribution in [0, 0.1) is 11.3 Å². The summed E-state index contributed by atoms with van der Waals surface area (Å²) in [4.78, 5) is 16.9. The van der Waals surface area contributed by atoms with E-state index in [9.17, 15) is 15.2 Å². The molecule has 140 valence electrons. The number of hydrogen-bond donors (Lipinski definition) is 2. The van der Waals surface area contributed by atoms with Crippen molar-refractivity contribution >= 4 is 38.7 Å². The Morgan fingerprint density at radius 1 is 1.43 bits per heavy atom. The molecule has 0 radical (unpaired) electrons. The second-order valence-electron chi connectivity index (χ2n) is 5.83. The molecule has 1 heterocycles. The Morgan fingerprint density at radius 3 is 2.89 bits per heavy atom. The van der Waals surface area contributed by atoms with Crippen LogP contribution in [0.4, 0.5) is 5.13 Å². The summed E-state index contributed by atoms with van der Waals surface area (Å²) in [6.45, 7) is 3.66. The van der Waals surface area contributed by atoms with Gasteiger partial charge in [0.05, 0.1) is 17.3 Å². The van der Waals surface area contributed by atoms with Crippen LogP contribution >= 0.6 is 11.3 Å². The summed E-state index contributed by atoms with van der Waals surface area (Å²) in [5.41, 5.74) is 1.84.